The van der Waals surface area contributed by atoms with Crippen molar-refractivity contribution in [1.29, 1.82) is 0 Å². The van der Waals surface area contributed by atoms with Crippen molar-refractivity contribution in [1.82, 2.24) is 0 Å². The SMILES string of the molecule is COC(=O)c1ccccc1-c1ccc(OC)c(OC)c1OC. The summed E-state index contributed by atoms with van der Waals surface area (Å²) in [5.41, 5.74) is 1.88. The molecule has 0 amide bonds. The van der Waals surface area contributed by atoms with Crippen molar-refractivity contribution >= 4 is 5.97 Å². The second-order valence-corrected chi connectivity index (χ2v) is 4.42. The van der Waals surface area contributed by atoms with Gasteiger partial charge in [0.05, 0.1) is 34.0 Å². The number of benzene rings is 2. The fourth-order valence-corrected chi connectivity index (χ4v) is 2.32. The van der Waals surface area contributed by atoms with Gasteiger partial charge >= 0.3 is 5.97 Å². The van der Waals surface area contributed by atoms with Crippen LogP contribution in [0.15, 0.2) is 36.4 Å². The molecule has 0 unspecified atom stereocenters. The molecule has 5 nitrogen and oxygen atoms in total. The zero-order valence-corrected chi connectivity index (χ0v) is 13.0. The van der Waals surface area contributed by atoms with Crippen molar-refractivity contribution < 1.29 is 23.7 Å². The Kier molecular flexibility index (Phi) is 4.88. The van der Waals surface area contributed by atoms with E-state index in [2.05, 4.69) is 0 Å². The Balaban J connectivity index is 2.71. The second-order valence-electron chi connectivity index (χ2n) is 4.42. The summed E-state index contributed by atoms with van der Waals surface area (Å²) in [6.07, 6.45) is 0. The molecule has 0 heterocycles. The van der Waals surface area contributed by atoms with Crippen molar-refractivity contribution in [3.63, 3.8) is 0 Å². The molecule has 0 N–H and O–H groups in total. The number of hydrogen-bond donors (Lipinski definition) is 0. The van der Waals surface area contributed by atoms with E-state index in [4.69, 9.17) is 18.9 Å². The van der Waals surface area contributed by atoms with Crippen LogP contribution in [-0.4, -0.2) is 34.4 Å². The van der Waals surface area contributed by atoms with Gasteiger partial charge in [-0.25, -0.2) is 4.79 Å². The first-order chi connectivity index (χ1) is 10.7. The average Bonchev–Trinajstić information content (AvgIpc) is 2.59. The maximum absolute atomic E-state index is 12.0. The van der Waals surface area contributed by atoms with Crippen LogP contribution in [0.4, 0.5) is 0 Å². The summed E-state index contributed by atoms with van der Waals surface area (Å²) in [7, 11) is 5.99. The van der Waals surface area contributed by atoms with Crippen LogP contribution in [-0.2, 0) is 4.74 Å². The van der Waals surface area contributed by atoms with Crippen molar-refractivity contribution in [3.8, 4) is 28.4 Å². The number of esters is 1. The van der Waals surface area contributed by atoms with Crippen molar-refractivity contribution in [2.75, 3.05) is 28.4 Å². The van der Waals surface area contributed by atoms with Crippen LogP contribution in [0.5, 0.6) is 17.2 Å². The predicted molar refractivity (Wildman–Crippen MR) is 82.9 cm³/mol. The van der Waals surface area contributed by atoms with Crippen LogP contribution in [0.2, 0.25) is 0 Å². The third-order valence-corrected chi connectivity index (χ3v) is 3.33. The third kappa shape index (κ3) is 2.70. The second kappa shape index (κ2) is 6.85. The van der Waals surface area contributed by atoms with Gasteiger partial charge in [0.15, 0.2) is 11.5 Å². The number of hydrogen-bond acceptors (Lipinski definition) is 5. The highest BCUT2D eigenvalue weighted by molar-refractivity contribution is 5.98. The van der Waals surface area contributed by atoms with Crippen molar-refractivity contribution in [3.05, 3.63) is 42.0 Å². The summed E-state index contributed by atoms with van der Waals surface area (Å²) in [6.45, 7) is 0. The van der Waals surface area contributed by atoms with Crippen LogP contribution in [0, 0.1) is 0 Å². The smallest absolute Gasteiger partial charge is 0.338 e. The van der Waals surface area contributed by atoms with Crippen LogP contribution in [0.1, 0.15) is 10.4 Å². The predicted octanol–water partition coefficient (Wildman–Crippen LogP) is 3.17. The number of methoxy groups -OCH3 is 4. The van der Waals surface area contributed by atoms with Gasteiger partial charge in [0.2, 0.25) is 5.75 Å². The van der Waals surface area contributed by atoms with Gasteiger partial charge in [-0.15, -0.1) is 0 Å². The Morgan fingerprint density at radius 3 is 2.05 bits per heavy atom. The molecule has 0 saturated carbocycles. The number of carbonyl (C=O) groups is 1. The molecular formula is C17H18O5. The molecule has 2 aromatic rings. The molecule has 0 fully saturated rings. The first kappa shape index (κ1) is 15.7. The van der Waals surface area contributed by atoms with Gasteiger partial charge in [0.1, 0.15) is 0 Å². The molecule has 0 radical (unpaired) electrons. The molecule has 116 valence electrons. The molecule has 5 heteroatoms. The van der Waals surface area contributed by atoms with E-state index in [1.54, 1.807) is 32.4 Å². The Morgan fingerprint density at radius 1 is 0.773 bits per heavy atom. The average molecular weight is 302 g/mol. The minimum Gasteiger partial charge on any atom is -0.493 e. The largest absolute Gasteiger partial charge is 0.493 e. The Morgan fingerprint density at radius 2 is 1.45 bits per heavy atom. The monoisotopic (exact) mass is 302 g/mol. The molecule has 0 aromatic heterocycles. The summed E-state index contributed by atoms with van der Waals surface area (Å²) in [4.78, 5) is 12.0. The zero-order chi connectivity index (χ0) is 16.1. The maximum Gasteiger partial charge on any atom is 0.338 e. The van der Waals surface area contributed by atoms with E-state index in [0.29, 0.717) is 28.4 Å². The maximum atomic E-state index is 12.0. The fourth-order valence-electron chi connectivity index (χ4n) is 2.32. The lowest BCUT2D eigenvalue weighted by molar-refractivity contribution is 0.0601. The van der Waals surface area contributed by atoms with E-state index >= 15 is 0 Å². The van der Waals surface area contributed by atoms with E-state index in [1.807, 2.05) is 18.2 Å². The lowest BCUT2D eigenvalue weighted by Crippen LogP contribution is -2.04. The number of ether oxygens (including phenoxy) is 4. The molecule has 0 spiro atoms. The summed E-state index contributed by atoms with van der Waals surface area (Å²) in [5, 5.41) is 0. The zero-order valence-electron chi connectivity index (χ0n) is 13.0. The standard InChI is InChI=1S/C17H18O5/c1-19-14-10-9-12(15(20-2)16(14)21-3)11-7-5-6-8-13(11)17(18)22-4/h5-10H,1-4H3. The molecular weight excluding hydrogens is 284 g/mol. The molecule has 0 aliphatic rings. The summed E-state index contributed by atoms with van der Waals surface area (Å²) >= 11 is 0. The Hall–Kier alpha value is -2.69. The molecule has 0 atom stereocenters. The Bertz CT molecular complexity index is 679. The molecule has 2 aromatic carbocycles. The van der Waals surface area contributed by atoms with Gasteiger partial charge in [-0.05, 0) is 18.2 Å². The molecule has 0 aliphatic heterocycles. The molecule has 0 bridgehead atoms. The summed E-state index contributed by atoms with van der Waals surface area (Å²) in [6, 6.07) is 10.8. The molecule has 0 saturated heterocycles. The summed E-state index contributed by atoms with van der Waals surface area (Å²) < 4.78 is 21.0. The van der Waals surface area contributed by atoms with Crippen molar-refractivity contribution in [2.45, 2.75) is 0 Å². The first-order valence-electron chi connectivity index (χ1n) is 6.64. The normalized spacial score (nSPS) is 10.0. The quantitative estimate of drug-likeness (QED) is 0.794. The van der Waals surface area contributed by atoms with Gasteiger partial charge in [0.25, 0.3) is 0 Å². The van der Waals surface area contributed by atoms with E-state index in [1.165, 1.54) is 14.2 Å². The van der Waals surface area contributed by atoms with E-state index < -0.39 is 5.97 Å². The van der Waals surface area contributed by atoms with E-state index in [0.717, 1.165) is 5.56 Å². The van der Waals surface area contributed by atoms with Crippen LogP contribution < -0.4 is 14.2 Å². The van der Waals surface area contributed by atoms with Crippen molar-refractivity contribution in [2.24, 2.45) is 0 Å². The first-order valence-corrected chi connectivity index (χ1v) is 6.64. The van der Waals surface area contributed by atoms with E-state index in [-0.39, 0.29) is 0 Å². The highest BCUT2D eigenvalue weighted by atomic mass is 16.5. The molecule has 0 aliphatic carbocycles. The lowest BCUT2D eigenvalue weighted by atomic mass is 9.98. The number of rotatable bonds is 5. The Labute approximate surface area is 129 Å². The van der Waals surface area contributed by atoms with Crippen LogP contribution >= 0.6 is 0 Å². The highest BCUT2D eigenvalue weighted by Crippen LogP contribution is 2.45. The van der Waals surface area contributed by atoms with Gasteiger partial charge < -0.3 is 18.9 Å². The van der Waals surface area contributed by atoms with Gasteiger partial charge in [-0.1, -0.05) is 18.2 Å². The van der Waals surface area contributed by atoms with Gasteiger partial charge in [-0.2, -0.15) is 0 Å². The van der Waals surface area contributed by atoms with Crippen LogP contribution in [0.25, 0.3) is 11.1 Å². The molecule has 2 rings (SSSR count). The topological polar surface area (TPSA) is 54.0 Å². The fraction of sp³-hybridized carbons (Fsp3) is 0.235. The molecule has 22 heavy (non-hydrogen) atoms. The lowest BCUT2D eigenvalue weighted by Gasteiger charge is -2.17. The third-order valence-electron chi connectivity index (χ3n) is 3.33. The van der Waals surface area contributed by atoms with Gasteiger partial charge in [0, 0.05) is 11.1 Å². The van der Waals surface area contributed by atoms with Crippen LogP contribution in [0.3, 0.4) is 0 Å². The highest BCUT2D eigenvalue weighted by Gasteiger charge is 2.21. The summed E-state index contributed by atoms with van der Waals surface area (Å²) in [5.74, 6) is 1.12. The van der Waals surface area contributed by atoms with E-state index in [9.17, 15) is 4.79 Å². The minimum absolute atomic E-state index is 0.410. The number of carbonyl (C=O) groups excluding carboxylic acids is 1. The van der Waals surface area contributed by atoms with Gasteiger partial charge in [-0.3, -0.25) is 0 Å². The minimum atomic E-state index is -0.410.